The molecule has 0 aliphatic heterocycles. The molecule has 0 aromatic carbocycles. The van der Waals surface area contributed by atoms with Crippen molar-refractivity contribution in [2.24, 2.45) is 5.73 Å². The molecule has 18 heavy (non-hydrogen) atoms. The number of carbonyl (C=O) groups is 1. The number of esters is 1. The third-order valence-corrected chi connectivity index (χ3v) is 4.47. The van der Waals surface area contributed by atoms with Crippen molar-refractivity contribution in [1.29, 1.82) is 0 Å². The third-order valence-electron chi connectivity index (χ3n) is 3.35. The Morgan fingerprint density at radius 2 is 2.22 bits per heavy atom. The average Bonchev–Trinajstić information content (AvgIpc) is 2.79. The molecule has 2 N–H and O–H groups in total. The first-order valence-electron chi connectivity index (χ1n) is 6.53. The molecular weight excluding hydrogens is 248 g/mol. The second-order valence-corrected chi connectivity index (χ2v) is 5.70. The van der Waals surface area contributed by atoms with Crippen LogP contribution in [0.25, 0.3) is 0 Å². The molecule has 1 aromatic heterocycles. The Bertz CT molecular complexity index is 411. The van der Waals surface area contributed by atoms with Crippen LogP contribution in [-0.4, -0.2) is 17.6 Å². The first kappa shape index (κ1) is 13.5. The van der Waals surface area contributed by atoms with Gasteiger partial charge in [0.2, 0.25) is 0 Å². The molecule has 4 nitrogen and oxygen atoms in total. The van der Waals surface area contributed by atoms with Gasteiger partial charge in [-0.2, -0.15) is 0 Å². The predicted octanol–water partition coefficient (Wildman–Crippen LogP) is 2.37. The van der Waals surface area contributed by atoms with Gasteiger partial charge in [0, 0.05) is 5.38 Å². The molecule has 0 saturated heterocycles. The monoisotopic (exact) mass is 268 g/mol. The highest BCUT2D eigenvalue weighted by Crippen LogP contribution is 2.36. The van der Waals surface area contributed by atoms with Gasteiger partial charge in [-0.25, -0.2) is 4.98 Å². The Morgan fingerprint density at radius 1 is 1.50 bits per heavy atom. The van der Waals surface area contributed by atoms with Gasteiger partial charge in [-0.3, -0.25) is 4.79 Å². The lowest BCUT2D eigenvalue weighted by Gasteiger charge is -2.31. The van der Waals surface area contributed by atoms with E-state index in [1.807, 2.05) is 5.38 Å². The van der Waals surface area contributed by atoms with Crippen LogP contribution in [0.2, 0.25) is 0 Å². The minimum Gasteiger partial charge on any atom is -0.466 e. The van der Waals surface area contributed by atoms with E-state index in [-0.39, 0.29) is 17.9 Å². The van der Waals surface area contributed by atoms with Crippen molar-refractivity contribution in [3.8, 4) is 0 Å². The fraction of sp³-hybridized carbons (Fsp3) is 0.692. The topological polar surface area (TPSA) is 65.2 Å². The summed E-state index contributed by atoms with van der Waals surface area (Å²) in [6.45, 7) is 2.22. The van der Waals surface area contributed by atoms with Crippen molar-refractivity contribution < 1.29 is 9.53 Å². The second-order valence-electron chi connectivity index (χ2n) is 4.84. The first-order chi connectivity index (χ1) is 8.64. The van der Waals surface area contributed by atoms with Crippen LogP contribution in [0.1, 0.15) is 49.7 Å². The van der Waals surface area contributed by atoms with Crippen LogP contribution in [0.15, 0.2) is 5.38 Å². The summed E-state index contributed by atoms with van der Waals surface area (Å²) in [7, 11) is 0. The maximum atomic E-state index is 11.4. The Morgan fingerprint density at radius 3 is 2.89 bits per heavy atom. The molecule has 100 valence electrons. The van der Waals surface area contributed by atoms with Gasteiger partial charge in [0.05, 0.1) is 24.3 Å². The lowest BCUT2D eigenvalue weighted by Crippen LogP contribution is -2.38. The van der Waals surface area contributed by atoms with Crippen molar-refractivity contribution >= 4 is 17.3 Å². The highest BCUT2D eigenvalue weighted by atomic mass is 32.1. The number of nitrogens with two attached hydrogens (primary N) is 1. The molecule has 0 amide bonds. The van der Waals surface area contributed by atoms with Gasteiger partial charge in [-0.1, -0.05) is 19.3 Å². The Labute approximate surface area is 112 Å². The molecule has 5 heteroatoms. The quantitative estimate of drug-likeness (QED) is 0.851. The zero-order chi connectivity index (χ0) is 13.0. The molecule has 0 radical (unpaired) electrons. The lowest BCUT2D eigenvalue weighted by molar-refractivity contribution is -0.142. The Hall–Kier alpha value is -0.940. The van der Waals surface area contributed by atoms with Crippen LogP contribution in [-0.2, 0) is 21.5 Å². The van der Waals surface area contributed by atoms with Crippen molar-refractivity contribution in [1.82, 2.24) is 4.98 Å². The van der Waals surface area contributed by atoms with Crippen LogP contribution < -0.4 is 5.73 Å². The molecule has 1 aromatic rings. The van der Waals surface area contributed by atoms with E-state index in [9.17, 15) is 4.79 Å². The summed E-state index contributed by atoms with van der Waals surface area (Å²) in [6.07, 6.45) is 5.85. The molecule has 1 heterocycles. The van der Waals surface area contributed by atoms with E-state index in [1.165, 1.54) is 19.3 Å². The van der Waals surface area contributed by atoms with Crippen LogP contribution in [0.5, 0.6) is 0 Å². The molecule has 0 bridgehead atoms. The van der Waals surface area contributed by atoms with Gasteiger partial charge in [0.1, 0.15) is 5.01 Å². The predicted molar refractivity (Wildman–Crippen MR) is 71.4 cm³/mol. The van der Waals surface area contributed by atoms with E-state index in [2.05, 4.69) is 4.98 Å². The van der Waals surface area contributed by atoms with Crippen molar-refractivity contribution in [3.63, 3.8) is 0 Å². The van der Waals surface area contributed by atoms with Crippen LogP contribution in [0.4, 0.5) is 0 Å². The SMILES string of the molecule is CCOC(=O)Cc1csc(C2(N)CCCCC2)n1. The maximum Gasteiger partial charge on any atom is 0.311 e. The minimum atomic E-state index is -0.268. The van der Waals surface area contributed by atoms with Crippen molar-refractivity contribution in [2.45, 2.75) is 51.0 Å². The first-order valence-corrected chi connectivity index (χ1v) is 7.41. The number of aromatic nitrogens is 1. The number of ether oxygens (including phenoxy) is 1. The molecular formula is C13H20N2O2S. The third kappa shape index (κ3) is 3.09. The zero-order valence-electron chi connectivity index (χ0n) is 10.8. The fourth-order valence-electron chi connectivity index (χ4n) is 2.37. The highest BCUT2D eigenvalue weighted by Gasteiger charge is 2.32. The number of thiazole rings is 1. The van der Waals surface area contributed by atoms with Gasteiger partial charge < -0.3 is 10.5 Å². The standard InChI is InChI=1S/C13H20N2O2S/c1-2-17-11(16)8-10-9-18-12(15-10)13(14)6-4-3-5-7-13/h9H,2-8,14H2,1H3. The summed E-state index contributed by atoms with van der Waals surface area (Å²) in [4.78, 5) is 15.9. The van der Waals surface area contributed by atoms with Crippen LogP contribution in [0.3, 0.4) is 0 Å². The van der Waals surface area contributed by atoms with Crippen LogP contribution >= 0.6 is 11.3 Å². The number of carbonyl (C=O) groups excluding carboxylic acids is 1. The molecule has 1 aliphatic rings. The molecule has 1 saturated carbocycles. The second kappa shape index (κ2) is 5.80. The van der Waals surface area contributed by atoms with Crippen molar-refractivity contribution in [2.75, 3.05) is 6.61 Å². The van der Waals surface area contributed by atoms with Gasteiger partial charge in [-0.15, -0.1) is 11.3 Å². The molecule has 2 rings (SSSR count). The highest BCUT2D eigenvalue weighted by molar-refractivity contribution is 7.09. The smallest absolute Gasteiger partial charge is 0.311 e. The summed E-state index contributed by atoms with van der Waals surface area (Å²) in [5.74, 6) is -0.218. The van der Waals surface area contributed by atoms with Gasteiger partial charge in [0.15, 0.2) is 0 Å². The summed E-state index contributed by atoms with van der Waals surface area (Å²) in [5, 5.41) is 2.90. The lowest BCUT2D eigenvalue weighted by atomic mass is 9.83. The minimum absolute atomic E-state index is 0.218. The van der Waals surface area contributed by atoms with E-state index < -0.39 is 0 Å². The van der Waals surface area contributed by atoms with Gasteiger partial charge in [-0.05, 0) is 19.8 Å². The van der Waals surface area contributed by atoms with Crippen LogP contribution in [0, 0.1) is 0 Å². The van der Waals surface area contributed by atoms with E-state index in [0.29, 0.717) is 6.61 Å². The Balaban J connectivity index is 2.03. The molecule has 0 spiro atoms. The number of hydrogen-bond donors (Lipinski definition) is 1. The number of nitrogens with zero attached hydrogens (tertiary/aromatic N) is 1. The molecule has 1 aliphatic carbocycles. The normalized spacial score (nSPS) is 18.6. The molecule has 0 unspecified atom stereocenters. The number of hydrogen-bond acceptors (Lipinski definition) is 5. The van der Waals surface area contributed by atoms with Gasteiger partial charge in [0.25, 0.3) is 0 Å². The molecule has 1 fully saturated rings. The zero-order valence-corrected chi connectivity index (χ0v) is 11.6. The summed E-state index contributed by atoms with van der Waals surface area (Å²) < 4.78 is 4.92. The van der Waals surface area contributed by atoms with E-state index in [0.717, 1.165) is 23.5 Å². The maximum absolute atomic E-state index is 11.4. The van der Waals surface area contributed by atoms with E-state index in [4.69, 9.17) is 10.5 Å². The van der Waals surface area contributed by atoms with Crippen molar-refractivity contribution in [3.05, 3.63) is 16.1 Å². The summed E-state index contributed by atoms with van der Waals surface area (Å²) in [5.41, 5.74) is 6.93. The van der Waals surface area contributed by atoms with E-state index >= 15 is 0 Å². The number of rotatable bonds is 4. The van der Waals surface area contributed by atoms with Gasteiger partial charge >= 0.3 is 5.97 Å². The molecule has 0 atom stereocenters. The largest absolute Gasteiger partial charge is 0.466 e. The average molecular weight is 268 g/mol. The summed E-state index contributed by atoms with van der Waals surface area (Å²) >= 11 is 1.57. The fourth-order valence-corrected chi connectivity index (χ4v) is 3.37. The summed E-state index contributed by atoms with van der Waals surface area (Å²) in [6, 6.07) is 0. The Kier molecular flexibility index (Phi) is 4.35. The van der Waals surface area contributed by atoms with E-state index in [1.54, 1.807) is 18.3 Å².